The van der Waals surface area contributed by atoms with Gasteiger partial charge in [0.2, 0.25) is 0 Å². The normalized spacial score (nSPS) is 12.7. The summed E-state index contributed by atoms with van der Waals surface area (Å²) in [6, 6.07) is 18.3. The van der Waals surface area contributed by atoms with E-state index in [1.807, 2.05) is 36.4 Å². The fraction of sp³-hybridized carbons (Fsp3) is 0.0667. The van der Waals surface area contributed by atoms with E-state index < -0.39 is 11.1 Å². The SMILES string of the molecule is COS(=O)c1cc2c(-c3ccccc3)cccc2s1. The van der Waals surface area contributed by atoms with Crippen LogP contribution in [-0.2, 0) is 15.3 Å². The van der Waals surface area contributed by atoms with Crippen molar-refractivity contribution in [1.29, 1.82) is 0 Å². The maximum absolute atomic E-state index is 11.7. The molecule has 0 N–H and O–H groups in total. The van der Waals surface area contributed by atoms with Crippen LogP contribution in [-0.4, -0.2) is 11.3 Å². The lowest BCUT2D eigenvalue weighted by atomic mass is 10.0. The van der Waals surface area contributed by atoms with Crippen LogP contribution in [0, 0.1) is 0 Å². The van der Waals surface area contributed by atoms with Crippen molar-refractivity contribution < 1.29 is 8.39 Å². The van der Waals surface area contributed by atoms with Gasteiger partial charge in [-0.25, -0.2) is 4.21 Å². The number of rotatable bonds is 3. The molecule has 1 aromatic heterocycles. The summed E-state index contributed by atoms with van der Waals surface area (Å²) in [6.45, 7) is 0. The maximum atomic E-state index is 11.7. The molecule has 0 fully saturated rings. The molecule has 0 spiro atoms. The minimum absolute atomic E-state index is 0.751. The first-order chi connectivity index (χ1) is 9.29. The fourth-order valence-corrected chi connectivity index (χ4v) is 4.01. The highest BCUT2D eigenvalue weighted by Gasteiger charge is 2.11. The number of fused-ring (bicyclic) bond motifs is 1. The molecule has 1 heterocycles. The van der Waals surface area contributed by atoms with Gasteiger partial charge in [-0.1, -0.05) is 42.5 Å². The molecular formula is C15H12O2S2. The number of hydrogen-bond acceptors (Lipinski definition) is 3. The second kappa shape index (κ2) is 5.25. The maximum Gasteiger partial charge on any atom is 0.199 e. The van der Waals surface area contributed by atoms with Crippen LogP contribution in [0.5, 0.6) is 0 Å². The summed E-state index contributed by atoms with van der Waals surface area (Å²) in [7, 11) is 1.46. The Kier molecular flexibility index (Phi) is 3.46. The lowest BCUT2D eigenvalue weighted by Gasteiger charge is -2.02. The van der Waals surface area contributed by atoms with E-state index in [-0.39, 0.29) is 0 Å². The summed E-state index contributed by atoms with van der Waals surface area (Å²) in [5.74, 6) is 0. The van der Waals surface area contributed by atoms with E-state index >= 15 is 0 Å². The average Bonchev–Trinajstić information content (AvgIpc) is 2.91. The van der Waals surface area contributed by atoms with Gasteiger partial charge in [-0.05, 0) is 23.3 Å². The van der Waals surface area contributed by atoms with Crippen molar-refractivity contribution in [2.75, 3.05) is 7.11 Å². The number of benzene rings is 2. The molecule has 1 atom stereocenters. The molecule has 3 rings (SSSR count). The Bertz CT molecular complexity index is 732. The number of thiophene rings is 1. The molecule has 0 aliphatic carbocycles. The van der Waals surface area contributed by atoms with Gasteiger partial charge in [-0.3, -0.25) is 4.18 Å². The summed E-state index contributed by atoms with van der Waals surface area (Å²) < 4.78 is 18.5. The van der Waals surface area contributed by atoms with E-state index in [0.29, 0.717) is 0 Å². The molecule has 0 aliphatic heterocycles. The molecule has 3 aromatic rings. The molecule has 19 heavy (non-hydrogen) atoms. The van der Waals surface area contributed by atoms with Gasteiger partial charge < -0.3 is 0 Å². The smallest absolute Gasteiger partial charge is 0.199 e. The van der Waals surface area contributed by atoms with Crippen molar-refractivity contribution in [3.63, 3.8) is 0 Å². The zero-order valence-corrected chi connectivity index (χ0v) is 12.0. The van der Waals surface area contributed by atoms with Gasteiger partial charge >= 0.3 is 0 Å². The Morgan fingerprint density at radius 2 is 1.84 bits per heavy atom. The van der Waals surface area contributed by atoms with Gasteiger partial charge in [-0.2, -0.15) is 0 Å². The van der Waals surface area contributed by atoms with Crippen LogP contribution < -0.4 is 0 Å². The van der Waals surface area contributed by atoms with Crippen LogP contribution >= 0.6 is 11.3 Å². The van der Waals surface area contributed by atoms with Crippen molar-refractivity contribution in [2.24, 2.45) is 0 Å². The second-order valence-corrected chi connectivity index (χ2v) is 6.63. The van der Waals surface area contributed by atoms with Crippen molar-refractivity contribution in [1.82, 2.24) is 0 Å². The minimum atomic E-state index is -1.37. The molecule has 4 heteroatoms. The Balaban J connectivity index is 2.21. The summed E-state index contributed by atoms with van der Waals surface area (Å²) in [6.07, 6.45) is 0. The van der Waals surface area contributed by atoms with E-state index in [4.69, 9.17) is 4.18 Å². The molecular weight excluding hydrogens is 276 g/mol. The molecule has 0 aliphatic rings. The standard InChI is InChI=1S/C15H12O2S2/c1-17-19(16)15-10-13-12(8-5-9-14(13)18-15)11-6-3-2-4-7-11/h2-10H,1H3. The van der Waals surface area contributed by atoms with Crippen LogP contribution in [0.3, 0.4) is 0 Å². The second-order valence-electron chi connectivity index (χ2n) is 4.05. The lowest BCUT2D eigenvalue weighted by molar-refractivity contribution is 0.447. The Hall–Kier alpha value is -1.49. The molecule has 0 amide bonds. The summed E-state index contributed by atoms with van der Waals surface area (Å²) in [4.78, 5) is 0. The Labute approximate surface area is 118 Å². The largest absolute Gasteiger partial charge is 0.289 e. The minimum Gasteiger partial charge on any atom is -0.289 e. The van der Waals surface area contributed by atoms with Crippen LogP contribution in [0.4, 0.5) is 0 Å². The third-order valence-corrected chi connectivity index (χ3v) is 5.24. The highest BCUT2D eigenvalue weighted by molar-refractivity contribution is 7.83. The molecule has 0 saturated carbocycles. The van der Waals surface area contributed by atoms with Gasteiger partial charge in [0.05, 0.1) is 7.11 Å². The summed E-state index contributed by atoms with van der Waals surface area (Å²) in [5, 5.41) is 1.12. The fourth-order valence-electron chi connectivity index (χ4n) is 2.07. The molecule has 1 unspecified atom stereocenters. The van der Waals surface area contributed by atoms with E-state index in [1.54, 1.807) is 0 Å². The van der Waals surface area contributed by atoms with E-state index in [0.717, 1.165) is 19.9 Å². The average molecular weight is 288 g/mol. The van der Waals surface area contributed by atoms with Gasteiger partial charge in [0, 0.05) is 10.1 Å². The van der Waals surface area contributed by atoms with Crippen molar-refractivity contribution in [2.45, 2.75) is 4.21 Å². The first-order valence-corrected chi connectivity index (χ1v) is 7.73. The predicted octanol–water partition coefficient (Wildman–Crippen LogP) is 4.24. The molecule has 0 radical (unpaired) electrons. The molecule has 96 valence electrons. The highest BCUT2D eigenvalue weighted by atomic mass is 32.2. The molecule has 0 saturated heterocycles. The number of hydrogen-bond donors (Lipinski definition) is 0. The lowest BCUT2D eigenvalue weighted by Crippen LogP contribution is -1.88. The summed E-state index contributed by atoms with van der Waals surface area (Å²) in [5.41, 5.74) is 2.33. The molecule has 0 bridgehead atoms. The van der Waals surface area contributed by atoms with Gasteiger partial charge in [-0.15, -0.1) is 11.3 Å². The monoisotopic (exact) mass is 288 g/mol. The van der Waals surface area contributed by atoms with E-state index in [1.165, 1.54) is 24.0 Å². The highest BCUT2D eigenvalue weighted by Crippen LogP contribution is 2.35. The van der Waals surface area contributed by atoms with Gasteiger partial charge in [0.1, 0.15) is 4.21 Å². The first kappa shape index (κ1) is 12.5. The predicted molar refractivity (Wildman–Crippen MR) is 80.7 cm³/mol. The zero-order chi connectivity index (χ0) is 13.2. The third kappa shape index (κ3) is 2.34. The van der Waals surface area contributed by atoms with Crippen molar-refractivity contribution >= 4 is 32.5 Å². The summed E-state index contributed by atoms with van der Waals surface area (Å²) >= 11 is 0.144. The van der Waals surface area contributed by atoms with Gasteiger partial charge in [0.15, 0.2) is 11.1 Å². The Morgan fingerprint density at radius 3 is 2.58 bits per heavy atom. The van der Waals surface area contributed by atoms with E-state index in [9.17, 15) is 4.21 Å². The van der Waals surface area contributed by atoms with Crippen LogP contribution in [0.25, 0.3) is 21.2 Å². The third-order valence-electron chi connectivity index (χ3n) is 2.94. The Morgan fingerprint density at radius 1 is 1.05 bits per heavy atom. The van der Waals surface area contributed by atoms with Crippen LogP contribution in [0.1, 0.15) is 0 Å². The molecule has 2 aromatic carbocycles. The zero-order valence-electron chi connectivity index (χ0n) is 10.3. The van der Waals surface area contributed by atoms with Crippen molar-refractivity contribution in [3.8, 4) is 11.1 Å². The quantitative estimate of drug-likeness (QED) is 0.720. The van der Waals surface area contributed by atoms with Crippen LogP contribution in [0.2, 0.25) is 0 Å². The van der Waals surface area contributed by atoms with Gasteiger partial charge in [0.25, 0.3) is 0 Å². The van der Waals surface area contributed by atoms with Crippen molar-refractivity contribution in [3.05, 3.63) is 54.6 Å². The van der Waals surface area contributed by atoms with Crippen LogP contribution in [0.15, 0.2) is 58.8 Å². The molecule has 2 nitrogen and oxygen atoms in total. The van der Waals surface area contributed by atoms with E-state index in [2.05, 4.69) is 18.2 Å². The topological polar surface area (TPSA) is 26.3 Å². The first-order valence-electron chi connectivity index (χ1n) is 5.84.